The number of ether oxygens (including phenoxy) is 1. The minimum atomic E-state index is -4.89. The average molecular weight is 701 g/mol. The van der Waals surface area contributed by atoms with Crippen molar-refractivity contribution in [3.63, 3.8) is 0 Å². The van der Waals surface area contributed by atoms with E-state index in [0.29, 0.717) is 16.9 Å². The molecule has 0 saturated carbocycles. The maximum atomic E-state index is 12.8. The van der Waals surface area contributed by atoms with Crippen molar-refractivity contribution >= 4 is 65.3 Å². The molecule has 0 radical (unpaired) electrons. The molecule has 0 aliphatic heterocycles. The van der Waals surface area contributed by atoms with Crippen molar-refractivity contribution in [1.82, 2.24) is 4.31 Å². The number of anilines is 1. The molecule has 0 saturated heterocycles. The van der Waals surface area contributed by atoms with Gasteiger partial charge in [-0.3, -0.25) is 9.35 Å². The molecule has 0 fully saturated rings. The minimum Gasteiger partial charge on any atom is -0.505 e. The summed E-state index contributed by atoms with van der Waals surface area (Å²) in [6, 6.07) is 14.1. The van der Waals surface area contributed by atoms with Crippen LogP contribution in [0.2, 0.25) is 0 Å². The molecule has 0 atom stereocenters. The number of benzene rings is 4. The van der Waals surface area contributed by atoms with Crippen LogP contribution >= 0.6 is 0 Å². The van der Waals surface area contributed by atoms with Gasteiger partial charge in [0.15, 0.2) is 5.75 Å². The number of aromatic hydroxyl groups is 1. The third kappa shape index (κ3) is 7.98. The Balaban J connectivity index is 1.68. The fourth-order valence-corrected chi connectivity index (χ4v) is 6.70. The number of nitrogens with zero attached hydrogens (tertiary/aromatic N) is 5. The molecule has 4 aromatic rings. The molecule has 4 aromatic carbocycles. The minimum absolute atomic E-state index is 0.0585. The lowest BCUT2D eigenvalue weighted by atomic mass is 10.1. The Morgan fingerprint density at radius 2 is 1.54 bits per heavy atom. The SMILES string of the molecule is COc1cc(/N=N/c2ccc(S(=O)(=O)N(CCO)CCO)cc2)c(C)cc1/N=N/c1c(S(=O)(=O)O)cc2cccc(NC(C)=O)c2c1O. The van der Waals surface area contributed by atoms with Crippen LogP contribution in [0.4, 0.5) is 28.4 Å². The van der Waals surface area contributed by atoms with E-state index in [1.807, 2.05) is 0 Å². The van der Waals surface area contributed by atoms with E-state index in [-0.39, 0.29) is 45.9 Å². The topological polar surface area (TPSA) is 240 Å². The number of rotatable bonds is 13. The molecule has 48 heavy (non-hydrogen) atoms. The first-order valence-electron chi connectivity index (χ1n) is 14.1. The van der Waals surface area contributed by atoms with Gasteiger partial charge in [-0.2, -0.15) is 23.0 Å². The van der Waals surface area contributed by atoms with Gasteiger partial charge in [-0.1, -0.05) is 12.1 Å². The molecule has 16 nitrogen and oxygen atoms in total. The summed E-state index contributed by atoms with van der Waals surface area (Å²) in [4.78, 5) is 10.9. The van der Waals surface area contributed by atoms with Crippen molar-refractivity contribution in [3.8, 4) is 11.5 Å². The summed E-state index contributed by atoms with van der Waals surface area (Å²) in [6.45, 7) is 1.77. The number of hydrogen-bond acceptors (Lipinski definition) is 13. The monoisotopic (exact) mass is 700 g/mol. The van der Waals surface area contributed by atoms with Gasteiger partial charge in [0.25, 0.3) is 10.1 Å². The van der Waals surface area contributed by atoms with Crippen LogP contribution in [0.5, 0.6) is 11.5 Å². The van der Waals surface area contributed by atoms with Crippen LogP contribution in [0, 0.1) is 6.92 Å². The molecule has 0 bridgehead atoms. The molecular formula is C30H32N6O10S2. The highest BCUT2D eigenvalue weighted by Gasteiger charge is 2.25. The van der Waals surface area contributed by atoms with Crippen molar-refractivity contribution in [2.75, 3.05) is 38.7 Å². The Kier molecular flexibility index (Phi) is 11.2. The number of nitrogens with one attached hydrogen (secondary N) is 1. The van der Waals surface area contributed by atoms with Crippen LogP contribution in [-0.4, -0.2) is 80.3 Å². The van der Waals surface area contributed by atoms with Crippen LogP contribution in [0.25, 0.3) is 10.8 Å². The number of aliphatic hydroxyl groups is 2. The van der Waals surface area contributed by atoms with Crippen LogP contribution in [0.3, 0.4) is 0 Å². The molecule has 1 amide bonds. The number of sulfonamides is 1. The fourth-order valence-electron chi connectivity index (χ4n) is 4.62. The Hall–Kier alpha value is -4.85. The summed E-state index contributed by atoms with van der Waals surface area (Å²) in [5.41, 5.74) is 0.895. The van der Waals surface area contributed by atoms with Gasteiger partial charge in [0.1, 0.15) is 22.0 Å². The van der Waals surface area contributed by atoms with Crippen LogP contribution < -0.4 is 10.1 Å². The summed E-state index contributed by atoms with van der Waals surface area (Å²) >= 11 is 0. The summed E-state index contributed by atoms with van der Waals surface area (Å²) < 4.78 is 66.5. The summed E-state index contributed by atoms with van der Waals surface area (Å²) in [6.07, 6.45) is 0. The Morgan fingerprint density at radius 1 is 0.896 bits per heavy atom. The Morgan fingerprint density at radius 3 is 2.12 bits per heavy atom. The van der Waals surface area contributed by atoms with E-state index < -0.39 is 55.6 Å². The lowest BCUT2D eigenvalue weighted by Gasteiger charge is -2.20. The largest absolute Gasteiger partial charge is 0.505 e. The van der Waals surface area contributed by atoms with E-state index in [0.717, 1.165) is 10.4 Å². The van der Waals surface area contributed by atoms with Gasteiger partial charge in [-0.05, 0) is 60.3 Å². The van der Waals surface area contributed by atoms with Crippen molar-refractivity contribution < 1.29 is 46.2 Å². The molecule has 0 heterocycles. The Bertz CT molecular complexity index is 2110. The maximum Gasteiger partial charge on any atom is 0.296 e. The number of amides is 1. The molecule has 254 valence electrons. The number of methoxy groups -OCH3 is 1. The second-order valence-corrected chi connectivity index (χ2v) is 13.5. The average Bonchev–Trinajstić information content (AvgIpc) is 3.03. The number of fused-ring (bicyclic) bond motifs is 1. The van der Waals surface area contributed by atoms with Gasteiger partial charge < -0.3 is 25.4 Å². The first-order valence-corrected chi connectivity index (χ1v) is 17.0. The zero-order valence-corrected chi connectivity index (χ0v) is 27.5. The highest BCUT2D eigenvalue weighted by Crippen LogP contribution is 2.45. The predicted molar refractivity (Wildman–Crippen MR) is 175 cm³/mol. The van der Waals surface area contributed by atoms with Gasteiger partial charge in [0, 0.05) is 31.5 Å². The standard InChI is InChI=1S/C30H32N6O10S2/c1-18-15-25(34-35-29-27(48(43,44)45)16-20-5-4-6-23(31-19(2)39)28(20)30(29)40)26(46-3)17-24(18)33-32-21-7-9-22(10-8-21)47(41,42)36(11-13-37)12-14-38/h4-10,15-17,37-38,40H,11-14H2,1-3H3,(H,31,39)(H,43,44,45)/b33-32+,35-34+. The smallest absolute Gasteiger partial charge is 0.296 e. The van der Waals surface area contributed by atoms with E-state index in [2.05, 4.69) is 25.8 Å². The normalized spacial score (nSPS) is 12.4. The first kappa shape index (κ1) is 36.0. The third-order valence-corrected chi connectivity index (χ3v) is 9.65. The molecule has 5 N–H and O–H groups in total. The van der Waals surface area contributed by atoms with Gasteiger partial charge >= 0.3 is 0 Å². The molecule has 4 rings (SSSR count). The molecule has 0 unspecified atom stereocenters. The predicted octanol–water partition coefficient (Wildman–Crippen LogP) is 4.87. The highest BCUT2D eigenvalue weighted by molar-refractivity contribution is 7.89. The van der Waals surface area contributed by atoms with E-state index in [1.165, 1.54) is 68.6 Å². The maximum absolute atomic E-state index is 12.8. The Labute approximate surface area is 275 Å². The first-order chi connectivity index (χ1) is 22.7. The number of aliphatic hydroxyl groups excluding tert-OH is 2. The molecule has 18 heteroatoms. The number of phenols is 1. The summed E-state index contributed by atoms with van der Waals surface area (Å²) in [7, 11) is -7.51. The van der Waals surface area contributed by atoms with Gasteiger partial charge in [-0.25, -0.2) is 8.42 Å². The highest BCUT2D eigenvalue weighted by atomic mass is 32.2. The van der Waals surface area contributed by atoms with Crippen molar-refractivity contribution in [1.29, 1.82) is 0 Å². The zero-order valence-electron chi connectivity index (χ0n) is 25.9. The number of carbonyl (C=O) groups is 1. The summed E-state index contributed by atoms with van der Waals surface area (Å²) in [5.74, 6) is -0.950. The molecular weight excluding hydrogens is 668 g/mol. The lowest BCUT2D eigenvalue weighted by Crippen LogP contribution is -2.35. The van der Waals surface area contributed by atoms with E-state index in [9.17, 15) is 41.5 Å². The van der Waals surface area contributed by atoms with Gasteiger partial charge in [-0.15, -0.1) is 10.2 Å². The molecule has 0 aliphatic rings. The number of carbonyl (C=O) groups excluding carboxylic acids is 1. The van der Waals surface area contributed by atoms with Crippen molar-refractivity contribution in [2.24, 2.45) is 20.5 Å². The fraction of sp³-hybridized carbons (Fsp3) is 0.233. The second kappa shape index (κ2) is 14.9. The second-order valence-electron chi connectivity index (χ2n) is 10.2. The number of azo groups is 2. The number of aryl methyl sites for hydroxylation is 1. The quantitative estimate of drug-likeness (QED) is 0.0936. The van der Waals surface area contributed by atoms with E-state index in [4.69, 9.17) is 4.74 Å². The van der Waals surface area contributed by atoms with Crippen LogP contribution in [-0.2, 0) is 24.9 Å². The van der Waals surface area contributed by atoms with E-state index in [1.54, 1.807) is 6.92 Å². The van der Waals surface area contributed by atoms with Crippen LogP contribution in [0.1, 0.15) is 12.5 Å². The third-order valence-electron chi connectivity index (χ3n) is 6.87. The zero-order chi connectivity index (χ0) is 35.2. The number of phenolic OH excluding ortho intramolecular Hbond substituents is 1. The van der Waals surface area contributed by atoms with Crippen molar-refractivity contribution in [2.45, 2.75) is 23.6 Å². The lowest BCUT2D eigenvalue weighted by molar-refractivity contribution is -0.114. The summed E-state index contributed by atoms with van der Waals surface area (Å²) in [5, 5.41) is 48.7. The van der Waals surface area contributed by atoms with Gasteiger partial charge in [0.2, 0.25) is 15.9 Å². The molecule has 0 spiro atoms. The van der Waals surface area contributed by atoms with Crippen LogP contribution in [0.15, 0.2) is 90.9 Å². The molecule has 0 aromatic heterocycles. The van der Waals surface area contributed by atoms with E-state index >= 15 is 0 Å². The van der Waals surface area contributed by atoms with Gasteiger partial charge in [0.05, 0.1) is 42.3 Å². The van der Waals surface area contributed by atoms with Crippen molar-refractivity contribution in [3.05, 3.63) is 66.2 Å². The number of hydrogen-bond donors (Lipinski definition) is 5. The molecule has 0 aliphatic carbocycles.